The van der Waals surface area contributed by atoms with Crippen molar-refractivity contribution in [3.8, 4) is 0 Å². The van der Waals surface area contributed by atoms with Gasteiger partial charge < -0.3 is 10.6 Å². The molecule has 96 valence electrons. The fourth-order valence-corrected chi connectivity index (χ4v) is 2.32. The highest BCUT2D eigenvalue weighted by Crippen LogP contribution is 2.17. The standard InChI is InChI=1S/C12H22N4S/c1-5-7-14-12(13-6-2)15-8-11-9(3)16-10(4)17-11/h5-8H2,1-4H3,(H2,13,14,15). The zero-order chi connectivity index (χ0) is 12.7. The highest BCUT2D eigenvalue weighted by molar-refractivity contribution is 7.11. The van der Waals surface area contributed by atoms with Gasteiger partial charge in [0.2, 0.25) is 0 Å². The predicted molar refractivity (Wildman–Crippen MR) is 74.7 cm³/mol. The summed E-state index contributed by atoms with van der Waals surface area (Å²) in [6, 6.07) is 0. The van der Waals surface area contributed by atoms with Crippen LogP contribution in [-0.2, 0) is 6.54 Å². The van der Waals surface area contributed by atoms with Crippen LogP contribution in [0.1, 0.15) is 35.8 Å². The molecule has 0 saturated carbocycles. The van der Waals surface area contributed by atoms with Crippen LogP contribution < -0.4 is 10.6 Å². The predicted octanol–water partition coefficient (Wildman–Crippen LogP) is 2.23. The van der Waals surface area contributed by atoms with Crippen molar-refractivity contribution < 1.29 is 0 Å². The number of nitrogens with zero attached hydrogens (tertiary/aromatic N) is 2. The van der Waals surface area contributed by atoms with E-state index < -0.39 is 0 Å². The molecular weight excluding hydrogens is 232 g/mol. The smallest absolute Gasteiger partial charge is 0.191 e. The Hall–Kier alpha value is -1.10. The van der Waals surface area contributed by atoms with Crippen LogP contribution in [-0.4, -0.2) is 24.0 Å². The first kappa shape index (κ1) is 14.0. The van der Waals surface area contributed by atoms with E-state index in [1.807, 2.05) is 13.8 Å². The summed E-state index contributed by atoms with van der Waals surface area (Å²) < 4.78 is 0. The average molecular weight is 254 g/mol. The highest BCUT2D eigenvalue weighted by Gasteiger charge is 2.04. The maximum absolute atomic E-state index is 4.56. The summed E-state index contributed by atoms with van der Waals surface area (Å²) >= 11 is 1.72. The maximum Gasteiger partial charge on any atom is 0.191 e. The zero-order valence-corrected chi connectivity index (χ0v) is 11.9. The second-order valence-corrected chi connectivity index (χ2v) is 5.15. The van der Waals surface area contributed by atoms with Crippen molar-refractivity contribution in [3.05, 3.63) is 15.6 Å². The van der Waals surface area contributed by atoms with E-state index in [4.69, 9.17) is 0 Å². The fourth-order valence-electron chi connectivity index (χ4n) is 1.46. The number of guanidine groups is 1. The van der Waals surface area contributed by atoms with Gasteiger partial charge in [0, 0.05) is 18.0 Å². The molecule has 0 bridgehead atoms. The lowest BCUT2D eigenvalue weighted by Crippen LogP contribution is -2.37. The van der Waals surface area contributed by atoms with Crippen molar-refractivity contribution in [2.24, 2.45) is 4.99 Å². The van der Waals surface area contributed by atoms with Crippen LogP contribution >= 0.6 is 11.3 Å². The minimum absolute atomic E-state index is 0.705. The van der Waals surface area contributed by atoms with Crippen LogP contribution in [0.3, 0.4) is 0 Å². The van der Waals surface area contributed by atoms with Gasteiger partial charge >= 0.3 is 0 Å². The van der Waals surface area contributed by atoms with Gasteiger partial charge in [-0.3, -0.25) is 0 Å². The molecule has 0 radical (unpaired) electrons. The minimum Gasteiger partial charge on any atom is -0.357 e. The number of thiazole rings is 1. The summed E-state index contributed by atoms with van der Waals surface area (Å²) in [5.41, 5.74) is 1.10. The van der Waals surface area contributed by atoms with E-state index in [-0.39, 0.29) is 0 Å². The maximum atomic E-state index is 4.56. The van der Waals surface area contributed by atoms with Crippen LogP contribution in [0, 0.1) is 13.8 Å². The Labute approximate surface area is 108 Å². The van der Waals surface area contributed by atoms with Crippen LogP contribution in [0.2, 0.25) is 0 Å². The number of hydrogen-bond acceptors (Lipinski definition) is 3. The molecule has 5 heteroatoms. The third-order valence-electron chi connectivity index (χ3n) is 2.27. The van der Waals surface area contributed by atoms with Gasteiger partial charge in [-0.1, -0.05) is 6.92 Å². The minimum atomic E-state index is 0.705. The molecule has 1 rings (SSSR count). The third kappa shape index (κ3) is 4.73. The Kier molecular flexibility index (Phi) is 5.97. The zero-order valence-electron chi connectivity index (χ0n) is 11.1. The van der Waals surface area contributed by atoms with Crippen molar-refractivity contribution in [2.45, 2.75) is 40.7 Å². The molecule has 0 saturated heterocycles. The van der Waals surface area contributed by atoms with Crippen molar-refractivity contribution in [2.75, 3.05) is 13.1 Å². The van der Waals surface area contributed by atoms with Gasteiger partial charge in [0.05, 0.1) is 17.2 Å². The second-order valence-electron chi connectivity index (χ2n) is 3.86. The molecular formula is C12H22N4S. The molecule has 0 aliphatic heterocycles. The van der Waals surface area contributed by atoms with Crippen LogP contribution in [0.5, 0.6) is 0 Å². The van der Waals surface area contributed by atoms with E-state index >= 15 is 0 Å². The number of nitrogens with one attached hydrogen (secondary N) is 2. The molecule has 0 atom stereocenters. The van der Waals surface area contributed by atoms with Gasteiger partial charge in [-0.05, 0) is 27.2 Å². The summed E-state index contributed by atoms with van der Waals surface area (Å²) in [6.07, 6.45) is 1.10. The van der Waals surface area contributed by atoms with E-state index in [0.29, 0.717) is 6.54 Å². The lowest BCUT2D eigenvalue weighted by Gasteiger charge is -2.09. The van der Waals surface area contributed by atoms with Crippen molar-refractivity contribution in [1.29, 1.82) is 0 Å². The van der Waals surface area contributed by atoms with Crippen LogP contribution in [0.4, 0.5) is 0 Å². The Bertz CT molecular complexity index is 371. The summed E-state index contributed by atoms with van der Waals surface area (Å²) in [7, 11) is 0. The number of aryl methyl sites for hydroxylation is 2. The first-order valence-corrected chi connectivity index (χ1v) is 6.94. The number of aromatic nitrogens is 1. The molecule has 0 unspecified atom stereocenters. The van der Waals surface area contributed by atoms with Gasteiger partial charge in [0.15, 0.2) is 5.96 Å². The monoisotopic (exact) mass is 254 g/mol. The molecule has 0 aliphatic rings. The van der Waals surface area contributed by atoms with Crippen molar-refractivity contribution >= 4 is 17.3 Å². The van der Waals surface area contributed by atoms with E-state index in [1.165, 1.54) is 4.88 Å². The first-order valence-electron chi connectivity index (χ1n) is 6.12. The Morgan fingerprint density at radius 3 is 2.59 bits per heavy atom. The van der Waals surface area contributed by atoms with Crippen LogP contribution in [0.15, 0.2) is 4.99 Å². The normalized spacial score (nSPS) is 11.6. The number of rotatable bonds is 5. The molecule has 2 N–H and O–H groups in total. The molecule has 0 aliphatic carbocycles. The SMILES string of the molecule is CCCNC(=NCc1sc(C)nc1C)NCC. The van der Waals surface area contributed by atoms with Gasteiger partial charge in [-0.15, -0.1) is 11.3 Å². The van der Waals surface area contributed by atoms with Gasteiger partial charge in [-0.2, -0.15) is 0 Å². The van der Waals surface area contributed by atoms with Gasteiger partial charge in [0.25, 0.3) is 0 Å². The Morgan fingerprint density at radius 2 is 2.06 bits per heavy atom. The van der Waals surface area contributed by atoms with E-state index in [2.05, 4.69) is 34.5 Å². The van der Waals surface area contributed by atoms with Crippen LogP contribution in [0.25, 0.3) is 0 Å². The average Bonchev–Trinajstić information content (AvgIpc) is 2.61. The molecule has 0 fully saturated rings. The Morgan fingerprint density at radius 1 is 1.29 bits per heavy atom. The van der Waals surface area contributed by atoms with Gasteiger partial charge in [-0.25, -0.2) is 9.98 Å². The molecule has 0 aromatic carbocycles. The van der Waals surface area contributed by atoms with Crippen molar-refractivity contribution in [1.82, 2.24) is 15.6 Å². The quantitative estimate of drug-likeness (QED) is 0.626. The summed E-state index contributed by atoms with van der Waals surface area (Å²) in [5.74, 6) is 0.889. The summed E-state index contributed by atoms with van der Waals surface area (Å²) in [5, 5.41) is 7.64. The number of aliphatic imine (C=N–C) groups is 1. The van der Waals surface area contributed by atoms with Gasteiger partial charge in [0.1, 0.15) is 0 Å². The van der Waals surface area contributed by atoms with Crippen molar-refractivity contribution in [3.63, 3.8) is 0 Å². The summed E-state index contributed by atoms with van der Waals surface area (Å²) in [6.45, 7) is 10.8. The Balaban J connectivity index is 2.61. The molecule has 1 aromatic rings. The molecule has 17 heavy (non-hydrogen) atoms. The summed E-state index contributed by atoms with van der Waals surface area (Å²) in [4.78, 5) is 10.2. The van der Waals surface area contributed by atoms with E-state index in [9.17, 15) is 0 Å². The fraction of sp³-hybridized carbons (Fsp3) is 0.667. The van der Waals surface area contributed by atoms with E-state index in [0.717, 1.165) is 36.2 Å². The number of hydrogen-bond donors (Lipinski definition) is 2. The molecule has 1 aromatic heterocycles. The second kappa shape index (κ2) is 7.27. The third-order valence-corrected chi connectivity index (χ3v) is 3.32. The van der Waals surface area contributed by atoms with E-state index in [1.54, 1.807) is 11.3 Å². The molecule has 4 nitrogen and oxygen atoms in total. The lowest BCUT2D eigenvalue weighted by atomic mass is 10.4. The first-order chi connectivity index (χ1) is 8.17. The molecule has 0 amide bonds. The molecule has 1 heterocycles. The molecule has 0 spiro atoms. The lowest BCUT2D eigenvalue weighted by molar-refractivity contribution is 0.786. The largest absolute Gasteiger partial charge is 0.357 e. The topological polar surface area (TPSA) is 49.3 Å². The highest BCUT2D eigenvalue weighted by atomic mass is 32.1.